The van der Waals surface area contributed by atoms with Crippen LogP contribution in [0.4, 0.5) is 19.6 Å². The first-order chi connectivity index (χ1) is 17.8. The summed E-state index contributed by atoms with van der Waals surface area (Å²) in [5.41, 5.74) is 4.35. The van der Waals surface area contributed by atoms with Crippen LogP contribution in [0, 0.1) is 11.6 Å². The predicted molar refractivity (Wildman–Crippen MR) is 145 cm³/mol. The summed E-state index contributed by atoms with van der Waals surface area (Å²) < 4.78 is 49.7. The molecular formula is C25H30F2N4O5S2. The Kier molecular flexibility index (Phi) is 8.09. The minimum atomic E-state index is -2.60. The molecule has 1 aromatic carbocycles. The lowest BCUT2D eigenvalue weighted by Crippen LogP contribution is -2.42. The second-order valence-corrected chi connectivity index (χ2v) is 13.1. The van der Waals surface area contributed by atoms with E-state index in [1.807, 2.05) is 4.90 Å². The second kappa shape index (κ2) is 10.8. The van der Waals surface area contributed by atoms with Crippen molar-refractivity contribution in [2.24, 2.45) is 5.73 Å². The van der Waals surface area contributed by atoms with Crippen LogP contribution in [0.3, 0.4) is 0 Å². The largest absolute Gasteiger partial charge is 0.394 e. The number of primary amides is 1. The van der Waals surface area contributed by atoms with Gasteiger partial charge in [0.05, 0.1) is 46.6 Å². The highest BCUT2D eigenvalue weighted by Gasteiger charge is 2.29. The van der Waals surface area contributed by atoms with Crippen molar-refractivity contribution >= 4 is 38.7 Å². The van der Waals surface area contributed by atoms with Crippen molar-refractivity contribution in [2.75, 3.05) is 36.5 Å². The highest BCUT2D eigenvalue weighted by molar-refractivity contribution is 8.24. The first kappa shape index (κ1) is 28.4. The normalized spacial score (nSPS) is 17.7. The summed E-state index contributed by atoms with van der Waals surface area (Å²) in [6, 6.07) is 7.98. The molecule has 1 unspecified atom stereocenters. The van der Waals surface area contributed by atoms with Crippen LogP contribution >= 0.6 is 21.9 Å². The highest BCUT2D eigenvalue weighted by Crippen LogP contribution is 2.42. The van der Waals surface area contributed by atoms with Crippen molar-refractivity contribution < 1.29 is 32.9 Å². The van der Waals surface area contributed by atoms with Gasteiger partial charge < -0.3 is 21.3 Å². The molecule has 38 heavy (non-hydrogen) atoms. The third-order valence-electron chi connectivity index (χ3n) is 6.37. The monoisotopic (exact) mass is 568 g/mol. The van der Waals surface area contributed by atoms with Crippen molar-refractivity contribution in [3.8, 4) is 10.4 Å². The molecule has 0 saturated carbocycles. The molecule has 1 amide bonds. The number of pyridine rings is 1. The zero-order valence-corrected chi connectivity index (χ0v) is 22.5. The van der Waals surface area contributed by atoms with Gasteiger partial charge in [0, 0.05) is 18.0 Å². The number of nitrogens with one attached hydrogen (secondary N) is 1. The Balaban J connectivity index is 1.64. The number of rotatable bonds is 8. The van der Waals surface area contributed by atoms with Crippen molar-refractivity contribution in [1.29, 1.82) is 0 Å². The molecule has 0 bridgehead atoms. The molecule has 9 nitrogen and oxygen atoms in total. The molecule has 1 aliphatic heterocycles. The Hall–Kier alpha value is -2.65. The molecule has 3 aromatic rings. The summed E-state index contributed by atoms with van der Waals surface area (Å²) in [7, 11) is -2.60. The van der Waals surface area contributed by atoms with E-state index in [0.29, 0.717) is 24.6 Å². The van der Waals surface area contributed by atoms with E-state index < -0.39 is 39.8 Å². The molecular weight excluding hydrogens is 538 g/mol. The van der Waals surface area contributed by atoms with E-state index in [9.17, 15) is 32.9 Å². The minimum Gasteiger partial charge on any atom is -0.394 e. The van der Waals surface area contributed by atoms with Gasteiger partial charge in [0.15, 0.2) is 0 Å². The van der Waals surface area contributed by atoms with E-state index in [0.717, 1.165) is 23.5 Å². The number of halogens is 2. The number of benzene rings is 1. The third kappa shape index (κ3) is 6.15. The van der Waals surface area contributed by atoms with Crippen LogP contribution in [-0.2, 0) is 5.60 Å². The van der Waals surface area contributed by atoms with Crippen LogP contribution in [0.2, 0.25) is 0 Å². The van der Waals surface area contributed by atoms with Crippen molar-refractivity contribution in [3.05, 3.63) is 64.9 Å². The molecule has 3 heterocycles. The molecule has 206 valence electrons. The number of aliphatic hydroxyl groups excluding tert-OH is 1. The van der Waals surface area contributed by atoms with Gasteiger partial charge in [-0.1, -0.05) is 6.07 Å². The molecule has 2 aromatic heterocycles. The molecule has 1 aliphatic rings. The third-order valence-corrected chi connectivity index (χ3v) is 9.11. The SMILES string of the molecule is CC(C)(O)c1cc(F)c(-c2cc(C(N)=O)c(Nc3cccc(C(CO)N4CCS(O)(O)CC4)n3)s2)c(F)c1. The number of amides is 1. The maximum Gasteiger partial charge on any atom is 0.251 e. The van der Waals surface area contributed by atoms with Gasteiger partial charge >= 0.3 is 0 Å². The van der Waals surface area contributed by atoms with Crippen molar-refractivity contribution in [3.63, 3.8) is 0 Å². The molecule has 1 atom stereocenters. The fourth-order valence-electron chi connectivity index (χ4n) is 4.22. The lowest BCUT2D eigenvalue weighted by Gasteiger charge is -2.43. The number of carbonyl (C=O) groups excluding carboxylic acids is 1. The van der Waals surface area contributed by atoms with Crippen LogP contribution < -0.4 is 11.1 Å². The van der Waals surface area contributed by atoms with Gasteiger partial charge in [-0.05, 0) is 49.7 Å². The summed E-state index contributed by atoms with van der Waals surface area (Å²) in [5, 5.41) is 23.4. The summed E-state index contributed by atoms with van der Waals surface area (Å²) in [6.07, 6.45) is 0. The molecule has 0 radical (unpaired) electrons. The fourth-order valence-corrected chi connectivity index (χ4v) is 6.60. The quantitative estimate of drug-likeness (QED) is 0.236. The number of carbonyl (C=O) groups is 1. The molecule has 1 fully saturated rings. The summed E-state index contributed by atoms with van der Waals surface area (Å²) in [5.74, 6) is -1.85. The second-order valence-electron chi connectivity index (χ2n) is 9.61. The van der Waals surface area contributed by atoms with Crippen LogP contribution in [0.15, 0.2) is 36.4 Å². The zero-order chi connectivity index (χ0) is 27.8. The Morgan fingerprint density at radius 1 is 1.21 bits per heavy atom. The zero-order valence-electron chi connectivity index (χ0n) is 20.8. The standard InChI is InChI=1S/C25H30F2N4O5S2/c1-25(2,34)14-10-16(26)22(17(27)11-14)20-12-15(23(28)33)24(37-20)30-21-5-3-4-18(29-21)19(13-32)31-6-8-38(35,36)9-7-31/h3-5,10-12,19,32,34-36H,6-9,13H2,1-2H3,(H2,28,33)(H,29,30). The van der Waals surface area contributed by atoms with Gasteiger partial charge in [0.2, 0.25) is 0 Å². The summed E-state index contributed by atoms with van der Waals surface area (Å²) in [6.45, 7) is 3.36. The van der Waals surface area contributed by atoms with Gasteiger partial charge in [0.1, 0.15) is 22.5 Å². The maximum absolute atomic E-state index is 15.0. The van der Waals surface area contributed by atoms with Gasteiger partial charge in [-0.3, -0.25) is 18.8 Å². The molecule has 7 N–H and O–H groups in total. The Labute approximate surface area is 224 Å². The molecule has 0 aliphatic carbocycles. The Morgan fingerprint density at radius 2 is 1.84 bits per heavy atom. The van der Waals surface area contributed by atoms with E-state index in [1.165, 1.54) is 19.9 Å². The predicted octanol–water partition coefficient (Wildman–Crippen LogP) is 4.26. The first-order valence-corrected chi connectivity index (χ1v) is 14.5. The lowest BCUT2D eigenvalue weighted by molar-refractivity contribution is 0.0778. The van der Waals surface area contributed by atoms with Crippen molar-refractivity contribution in [1.82, 2.24) is 9.88 Å². The highest BCUT2D eigenvalue weighted by atomic mass is 32.3. The minimum absolute atomic E-state index is 0.0162. The molecule has 0 spiro atoms. The Morgan fingerprint density at radius 3 is 2.39 bits per heavy atom. The first-order valence-electron chi connectivity index (χ1n) is 11.8. The molecule has 4 rings (SSSR count). The summed E-state index contributed by atoms with van der Waals surface area (Å²) >= 11 is 0.918. The van der Waals surface area contributed by atoms with Gasteiger partial charge in [0.25, 0.3) is 5.91 Å². The van der Waals surface area contributed by atoms with E-state index in [2.05, 4.69) is 10.3 Å². The number of anilines is 2. The van der Waals surface area contributed by atoms with Gasteiger partial charge in [-0.25, -0.2) is 13.8 Å². The average molecular weight is 569 g/mol. The van der Waals surface area contributed by atoms with Gasteiger partial charge in [-0.2, -0.15) is 10.6 Å². The Bertz CT molecular complexity index is 1310. The average Bonchev–Trinajstić information content (AvgIpc) is 3.23. The number of hydrogen-bond acceptors (Lipinski definition) is 9. The number of aromatic nitrogens is 1. The number of hydrogen-bond donors (Lipinski definition) is 6. The van der Waals surface area contributed by atoms with Crippen LogP contribution in [0.5, 0.6) is 0 Å². The van der Waals surface area contributed by atoms with Crippen molar-refractivity contribution in [2.45, 2.75) is 25.5 Å². The smallest absolute Gasteiger partial charge is 0.251 e. The fraction of sp³-hybridized carbons (Fsp3) is 0.360. The topological polar surface area (TPSA) is 152 Å². The molecule has 13 heteroatoms. The maximum atomic E-state index is 15.0. The van der Waals surface area contributed by atoms with Crippen LogP contribution in [-0.4, -0.2) is 66.3 Å². The molecule has 1 saturated heterocycles. The van der Waals surface area contributed by atoms with E-state index in [-0.39, 0.29) is 44.7 Å². The van der Waals surface area contributed by atoms with Gasteiger partial charge in [-0.15, -0.1) is 11.3 Å². The number of nitrogens with zero attached hydrogens (tertiary/aromatic N) is 2. The summed E-state index contributed by atoms with van der Waals surface area (Å²) in [4.78, 5) is 18.8. The lowest BCUT2D eigenvalue weighted by atomic mass is 9.96. The van der Waals surface area contributed by atoms with E-state index in [1.54, 1.807) is 18.2 Å². The number of thiophene rings is 1. The number of aliphatic hydroxyl groups is 2. The van der Waals surface area contributed by atoms with E-state index >= 15 is 0 Å². The van der Waals surface area contributed by atoms with E-state index in [4.69, 9.17) is 5.73 Å². The van der Waals surface area contributed by atoms with Crippen LogP contribution in [0.25, 0.3) is 10.4 Å². The number of nitrogens with two attached hydrogens (primary N) is 1. The van der Waals surface area contributed by atoms with Crippen LogP contribution in [0.1, 0.15) is 41.5 Å².